The number of hydrogen-bond donors (Lipinski definition) is 4. The van der Waals surface area contributed by atoms with Crippen LogP contribution in [0.4, 0.5) is 0 Å². The average Bonchev–Trinajstić information content (AvgIpc) is 3.17. The molecule has 0 spiro atoms. The summed E-state index contributed by atoms with van der Waals surface area (Å²) in [6.45, 7) is 10.2. The molecule has 0 rings (SSSR count). The van der Waals surface area contributed by atoms with Crippen molar-refractivity contribution in [2.45, 2.75) is 310 Å². The molecule has 0 aromatic heterocycles. The first-order chi connectivity index (χ1) is 28.0. The second-order valence-corrected chi connectivity index (χ2v) is 17.3. The minimum Gasteiger partial charge on any atom is -0.481 e. The molecule has 0 bridgehead atoms. The quantitative estimate of drug-likeness (QED) is 0.0355. The molecule has 0 saturated carbocycles. The molecule has 0 amide bonds. The van der Waals surface area contributed by atoms with Crippen molar-refractivity contribution in [3.05, 3.63) is 0 Å². The fourth-order valence-electron chi connectivity index (χ4n) is 6.88. The van der Waals surface area contributed by atoms with Gasteiger partial charge in [0.1, 0.15) is 0 Å². The Morgan fingerprint density at radius 3 is 0.492 bits per heavy atom. The molecule has 0 unspecified atom stereocenters. The Morgan fingerprint density at radius 1 is 0.288 bits per heavy atom. The van der Waals surface area contributed by atoms with E-state index in [2.05, 4.69) is 20.8 Å². The summed E-state index contributed by atoms with van der Waals surface area (Å²) < 4.78 is 0. The van der Waals surface area contributed by atoms with Gasteiger partial charge in [-0.25, -0.2) is 0 Å². The zero-order valence-corrected chi connectivity index (χ0v) is 41.9. The fourth-order valence-corrected chi connectivity index (χ4v) is 6.88. The van der Waals surface area contributed by atoms with Gasteiger partial charge in [-0.15, -0.1) is 0 Å². The first kappa shape index (κ1) is 67.2. The number of unbranched alkanes of at least 4 members (excludes halogenated alkanes) is 36. The molecule has 0 aromatic carbocycles. The molecule has 354 valence electrons. The van der Waals surface area contributed by atoms with Crippen LogP contribution in [0.3, 0.4) is 0 Å². The number of carboxylic acid groups (broad SMARTS) is 3. The van der Waals surface area contributed by atoms with Gasteiger partial charge in [0.05, 0.1) is 0 Å². The molecule has 0 heterocycles. The van der Waals surface area contributed by atoms with E-state index in [0.29, 0.717) is 19.3 Å². The van der Waals surface area contributed by atoms with Crippen LogP contribution in [-0.2, 0) is 36.1 Å². The molecule has 59 heavy (non-hydrogen) atoms. The molecular weight excluding hydrogens is 772 g/mol. The molecule has 4 N–H and O–H groups in total. The van der Waals surface area contributed by atoms with Gasteiger partial charge in [-0.1, -0.05) is 252 Å². The number of aliphatic hydroxyl groups is 1. The third-order valence-electron chi connectivity index (χ3n) is 10.5. The second-order valence-electron chi connectivity index (χ2n) is 17.3. The molecule has 0 aliphatic rings. The minimum atomic E-state index is -0.655. The maximum Gasteiger partial charge on any atom is 0.303 e. The summed E-state index contributed by atoms with van der Waals surface area (Å²) in [5.41, 5.74) is 0. The summed E-state index contributed by atoms with van der Waals surface area (Å²) in [5.74, 6) is -1.96. The first-order valence-electron chi connectivity index (χ1n) is 25.4. The van der Waals surface area contributed by atoms with E-state index in [0.717, 1.165) is 38.5 Å². The normalized spacial score (nSPS) is 10.4. The molecule has 0 aliphatic carbocycles. The summed E-state index contributed by atoms with van der Waals surface area (Å²) in [5, 5.41) is 33.5. The Hall–Kier alpha value is -0.916. The summed E-state index contributed by atoms with van der Waals surface area (Å²) in [6, 6.07) is 0. The van der Waals surface area contributed by atoms with Crippen LogP contribution in [-0.4, -0.2) is 44.4 Å². The monoisotopic (exact) mass is 877 g/mol. The average molecular weight is 877 g/mol. The Bertz CT molecular complexity index is 679. The van der Waals surface area contributed by atoms with E-state index in [4.69, 9.17) is 20.4 Å². The van der Waals surface area contributed by atoms with Crippen molar-refractivity contribution in [1.29, 1.82) is 0 Å². The van der Waals surface area contributed by atoms with Gasteiger partial charge >= 0.3 is 17.9 Å². The van der Waals surface area contributed by atoms with Crippen LogP contribution in [0.5, 0.6) is 0 Å². The number of aliphatic hydroxyl groups excluding tert-OH is 1. The van der Waals surface area contributed by atoms with Gasteiger partial charge in [0.15, 0.2) is 0 Å². The minimum absolute atomic E-state index is 0. The number of carbonyl (C=O) groups is 3. The predicted molar refractivity (Wildman–Crippen MR) is 251 cm³/mol. The third-order valence-corrected chi connectivity index (χ3v) is 10.5. The Morgan fingerprint density at radius 2 is 0.390 bits per heavy atom. The smallest absolute Gasteiger partial charge is 0.303 e. The maximum atomic E-state index is 10.3. The van der Waals surface area contributed by atoms with Gasteiger partial charge in [-0.05, 0) is 33.1 Å². The van der Waals surface area contributed by atoms with Crippen LogP contribution in [0.1, 0.15) is 304 Å². The van der Waals surface area contributed by atoms with Crippen molar-refractivity contribution in [2.24, 2.45) is 0 Å². The van der Waals surface area contributed by atoms with Crippen molar-refractivity contribution >= 4 is 17.9 Å². The zero-order valence-electron chi connectivity index (χ0n) is 40.3. The first-order valence-corrected chi connectivity index (χ1v) is 25.4. The van der Waals surface area contributed by atoms with Crippen LogP contribution in [0.15, 0.2) is 0 Å². The van der Waals surface area contributed by atoms with Gasteiger partial charge in [0.25, 0.3) is 0 Å². The largest absolute Gasteiger partial charge is 0.481 e. The van der Waals surface area contributed by atoms with Crippen molar-refractivity contribution in [2.75, 3.05) is 0 Å². The van der Waals surface area contributed by atoms with Gasteiger partial charge in [0.2, 0.25) is 0 Å². The number of carboxylic acids is 3. The van der Waals surface area contributed by atoms with Crippen LogP contribution in [0.25, 0.3) is 0 Å². The SMILES string of the molecule is CC(C)O.CCCCCCCCCCCCCCCC(=O)O.CCCCCCCCCCCCCCCC(=O)O.CCCCCCCCCCCCCCCC(=O)O.[Ti]. The summed E-state index contributed by atoms with van der Waals surface area (Å²) >= 11 is 0. The molecule has 0 atom stereocenters. The molecule has 8 heteroatoms. The maximum absolute atomic E-state index is 10.3. The second kappa shape index (κ2) is 63.7. The molecule has 0 saturated heterocycles. The van der Waals surface area contributed by atoms with Crippen molar-refractivity contribution in [3.8, 4) is 0 Å². The van der Waals surface area contributed by atoms with E-state index >= 15 is 0 Å². The molecule has 0 radical (unpaired) electrons. The van der Waals surface area contributed by atoms with E-state index in [1.165, 1.54) is 212 Å². The summed E-state index contributed by atoms with van der Waals surface area (Å²) in [4.78, 5) is 30.9. The topological polar surface area (TPSA) is 132 Å². The predicted octanol–water partition coefficient (Wildman–Crippen LogP) is 17.0. The van der Waals surface area contributed by atoms with Crippen molar-refractivity contribution in [3.63, 3.8) is 0 Å². The van der Waals surface area contributed by atoms with E-state index in [-0.39, 0.29) is 27.8 Å². The van der Waals surface area contributed by atoms with Gasteiger partial charge in [-0.2, -0.15) is 0 Å². The Balaban J connectivity index is -0.000000234. The van der Waals surface area contributed by atoms with E-state index in [1.54, 1.807) is 13.8 Å². The van der Waals surface area contributed by atoms with Crippen LogP contribution >= 0.6 is 0 Å². The molecular formula is C51H104O7Ti. The van der Waals surface area contributed by atoms with Gasteiger partial charge in [-0.3, -0.25) is 14.4 Å². The summed E-state index contributed by atoms with van der Waals surface area (Å²) in [7, 11) is 0. The fraction of sp³-hybridized carbons (Fsp3) is 0.941. The van der Waals surface area contributed by atoms with Crippen molar-refractivity contribution < 1.29 is 56.5 Å². The molecule has 7 nitrogen and oxygen atoms in total. The number of aliphatic carboxylic acids is 3. The van der Waals surface area contributed by atoms with Crippen LogP contribution < -0.4 is 0 Å². The van der Waals surface area contributed by atoms with Crippen LogP contribution in [0.2, 0.25) is 0 Å². The Labute approximate surface area is 383 Å². The summed E-state index contributed by atoms with van der Waals surface area (Å²) in [6.07, 6.45) is 51.6. The molecule has 0 aromatic rings. The zero-order chi connectivity index (χ0) is 44.0. The molecule has 0 aliphatic heterocycles. The van der Waals surface area contributed by atoms with Crippen LogP contribution in [0, 0.1) is 0 Å². The number of rotatable bonds is 42. The number of hydrogen-bond acceptors (Lipinski definition) is 4. The molecule has 0 fully saturated rings. The van der Waals surface area contributed by atoms with Gasteiger partial charge in [0, 0.05) is 47.1 Å². The third kappa shape index (κ3) is 89.1. The van der Waals surface area contributed by atoms with E-state index in [1.807, 2.05) is 0 Å². The van der Waals surface area contributed by atoms with Crippen molar-refractivity contribution in [1.82, 2.24) is 0 Å². The standard InChI is InChI=1S/3C16H32O2.C3H8O.Ti/c3*1-2-3-4-5-6-7-8-9-10-11-12-13-14-15-16(17)18;1-3(2)4;/h3*2-15H2,1H3,(H,17,18);3-4H,1-2H3;. The Kier molecular flexibility index (Phi) is 72.5. The van der Waals surface area contributed by atoms with Gasteiger partial charge < -0.3 is 20.4 Å². The van der Waals surface area contributed by atoms with E-state index < -0.39 is 17.9 Å². The van der Waals surface area contributed by atoms with E-state index in [9.17, 15) is 14.4 Å².